The van der Waals surface area contributed by atoms with Crippen molar-refractivity contribution in [2.24, 2.45) is 0 Å². The van der Waals surface area contributed by atoms with Crippen LogP contribution in [0.2, 0.25) is 0 Å². The third kappa shape index (κ3) is 4.80. The first-order valence-electron chi connectivity index (χ1n) is 5.50. The molecule has 0 aliphatic rings. The monoisotopic (exact) mass is 284 g/mol. The van der Waals surface area contributed by atoms with Gasteiger partial charge >= 0.3 is 12.0 Å². The van der Waals surface area contributed by atoms with Gasteiger partial charge in [0.05, 0.1) is 6.54 Å². The lowest BCUT2D eigenvalue weighted by molar-refractivity contribution is -0.155. The Labute approximate surface area is 115 Å². The van der Waals surface area contributed by atoms with E-state index in [0.29, 0.717) is 5.69 Å². The molecule has 1 aromatic carbocycles. The number of anilines is 1. The first-order chi connectivity index (χ1) is 8.85. The lowest BCUT2D eigenvalue weighted by atomic mass is 10.1. The Hall–Kier alpha value is -1.73. The highest BCUT2D eigenvalue weighted by Gasteiger charge is 2.30. The van der Waals surface area contributed by atoms with Crippen LogP contribution in [0.4, 0.5) is 10.5 Å². The minimum Gasteiger partial charge on any atom is -0.479 e. The fourth-order valence-corrected chi connectivity index (χ4v) is 1.59. The summed E-state index contributed by atoms with van der Waals surface area (Å²) in [7, 11) is 0. The van der Waals surface area contributed by atoms with Crippen LogP contribution in [0.5, 0.6) is 0 Å². The summed E-state index contributed by atoms with van der Waals surface area (Å²) in [4.78, 5) is 23.2. The Morgan fingerprint density at radius 2 is 1.89 bits per heavy atom. The molecule has 0 saturated heterocycles. The number of hydrogen-bond acceptors (Lipinski definition) is 4. The average Bonchev–Trinajstić information content (AvgIpc) is 2.37. The molecule has 0 saturated carbocycles. The summed E-state index contributed by atoms with van der Waals surface area (Å²) >= 11 is 1.59. The topological polar surface area (TPSA) is 98.7 Å². The first-order valence-corrected chi connectivity index (χ1v) is 6.72. The normalized spacial score (nSPS) is 13.4. The Kier molecular flexibility index (Phi) is 5.20. The first kappa shape index (κ1) is 15.3. The zero-order valence-corrected chi connectivity index (χ0v) is 11.5. The number of carboxylic acids is 1. The van der Waals surface area contributed by atoms with E-state index in [1.807, 2.05) is 18.4 Å². The lowest BCUT2D eigenvalue weighted by Gasteiger charge is -2.18. The number of carboxylic acid groups (broad SMARTS) is 1. The molecule has 104 valence electrons. The van der Waals surface area contributed by atoms with Crippen molar-refractivity contribution in [1.82, 2.24) is 5.32 Å². The van der Waals surface area contributed by atoms with E-state index in [9.17, 15) is 14.7 Å². The molecule has 0 aliphatic heterocycles. The van der Waals surface area contributed by atoms with Gasteiger partial charge in [-0.3, -0.25) is 0 Å². The fourth-order valence-electron chi connectivity index (χ4n) is 1.18. The molecule has 6 nitrogen and oxygen atoms in total. The number of hydrogen-bond donors (Lipinski definition) is 4. The highest BCUT2D eigenvalue weighted by atomic mass is 32.2. The van der Waals surface area contributed by atoms with Crippen LogP contribution in [0.3, 0.4) is 0 Å². The molecule has 1 aromatic rings. The molecule has 0 fully saturated rings. The molecule has 1 atom stereocenters. The largest absolute Gasteiger partial charge is 0.479 e. The number of amides is 2. The van der Waals surface area contributed by atoms with Crippen LogP contribution in [-0.2, 0) is 4.79 Å². The maximum Gasteiger partial charge on any atom is 0.337 e. The zero-order valence-electron chi connectivity index (χ0n) is 10.6. The van der Waals surface area contributed by atoms with Gasteiger partial charge in [-0.15, -0.1) is 11.8 Å². The van der Waals surface area contributed by atoms with Crippen LogP contribution in [0.15, 0.2) is 29.2 Å². The van der Waals surface area contributed by atoms with Crippen molar-refractivity contribution in [3.63, 3.8) is 0 Å². The zero-order chi connectivity index (χ0) is 14.5. The summed E-state index contributed by atoms with van der Waals surface area (Å²) < 4.78 is 0. The van der Waals surface area contributed by atoms with Crippen molar-refractivity contribution >= 4 is 29.4 Å². The molecule has 19 heavy (non-hydrogen) atoms. The third-order valence-corrected chi connectivity index (χ3v) is 3.15. The molecule has 1 unspecified atom stereocenters. The van der Waals surface area contributed by atoms with Gasteiger partial charge in [0.25, 0.3) is 0 Å². The van der Waals surface area contributed by atoms with Crippen molar-refractivity contribution < 1.29 is 19.8 Å². The number of benzene rings is 1. The van der Waals surface area contributed by atoms with E-state index < -0.39 is 17.6 Å². The number of carbonyl (C=O) groups is 2. The van der Waals surface area contributed by atoms with Gasteiger partial charge in [0.1, 0.15) is 0 Å². The standard InChI is InChI=1S/C12H16N2O4S/c1-12(18,10(15)16)7-13-11(17)14-8-3-5-9(19-2)6-4-8/h3-6,18H,7H2,1-2H3,(H,15,16)(H2,13,14,17). The Morgan fingerprint density at radius 1 is 1.32 bits per heavy atom. The van der Waals surface area contributed by atoms with Crippen LogP contribution >= 0.6 is 11.8 Å². The minimum atomic E-state index is -1.99. The predicted octanol–water partition coefficient (Wildman–Crippen LogP) is 1.37. The SMILES string of the molecule is CSc1ccc(NC(=O)NCC(C)(O)C(=O)O)cc1. The third-order valence-electron chi connectivity index (χ3n) is 2.40. The van der Waals surface area contributed by atoms with E-state index in [1.165, 1.54) is 0 Å². The summed E-state index contributed by atoms with van der Waals surface area (Å²) in [5, 5.41) is 22.9. The van der Waals surface area contributed by atoms with Gasteiger partial charge in [0.2, 0.25) is 0 Å². The van der Waals surface area contributed by atoms with Crippen molar-refractivity contribution in [1.29, 1.82) is 0 Å². The van der Waals surface area contributed by atoms with Crippen LogP contribution in [0, 0.1) is 0 Å². The Balaban J connectivity index is 2.49. The van der Waals surface area contributed by atoms with Crippen LogP contribution in [0.25, 0.3) is 0 Å². The maximum atomic E-state index is 11.5. The second-order valence-electron chi connectivity index (χ2n) is 4.12. The predicted molar refractivity (Wildman–Crippen MR) is 73.5 cm³/mol. The summed E-state index contributed by atoms with van der Waals surface area (Å²) in [6.45, 7) is 0.736. The smallest absolute Gasteiger partial charge is 0.337 e. The summed E-state index contributed by atoms with van der Waals surface area (Å²) in [5.74, 6) is -1.39. The van der Waals surface area contributed by atoms with Crippen molar-refractivity contribution in [2.75, 3.05) is 18.1 Å². The number of rotatable bonds is 5. The molecule has 0 radical (unpaired) electrons. The highest BCUT2D eigenvalue weighted by molar-refractivity contribution is 7.98. The van der Waals surface area contributed by atoms with E-state index in [4.69, 9.17) is 5.11 Å². The molecule has 0 aromatic heterocycles. The molecule has 7 heteroatoms. The lowest BCUT2D eigenvalue weighted by Crippen LogP contribution is -2.47. The molecule has 0 bridgehead atoms. The maximum absolute atomic E-state index is 11.5. The number of aliphatic carboxylic acids is 1. The van der Waals surface area contributed by atoms with Crippen LogP contribution in [0.1, 0.15) is 6.92 Å². The second-order valence-corrected chi connectivity index (χ2v) is 4.99. The molecule has 1 rings (SSSR count). The number of aliphatic hydroxyl groups is 1. The minimum absolute atomic E-state index is 0.378. The quantitative estimate of drug-likeness (QED) is 0.612. The number of carbonyl (C=O) groups excluding carboxylic acids is 1. The number of nitrogens with one attached hydrogen (secondary N) is 2. The van der Waals surface area contributed by atoms with E-state index >= 15 is 0 Å². The van der Waals surface area contributed by atoms with Crippen molar-refractivity contribution in [3.05, 3.63) is 24.3 Å². The summed E-state index contributed by atoms with van der Waals surface area (Å²) in [6.07, 6.45) is 1.95. The van der Waals surface area contributed by atoms with E-state index in [1.54, 1.807) is 23.9 Å². The molecule has 0 aliphatic carbocycles. The molecule has 4 N–H and O–H groups in total. The number of urea groups is 1. The van der Waals surface area contributed by atoms with Gasteiger partial charge in [0, 0.05) is 10.6 Å². The Morgan fingerprint density at radius 3 is 2.37 bits per heavy atom. The Bertz CT molecular complexity index is 459. The molecule has 2 amide bonds. The van der Waals surface area contributed by atoms with Crippen LogP contribution in [-0.4, -0.2) is 40.6 Å². The molecule has 0 heterocycles. The summed E-state index contributed by atoms with van der Waals surface area (Å²) in [6, 6.07) is 6.61. The molecular weight excluding hydrogens is 268 g/mol. The molecular formula is C12H16N2O4S. The van der Waals surface area contributed by atoms with E-state index in [-0.39, 0.29) is 6.54 Å². The highest BCUT2D eigenvalue weighted by Crippen LogP contribution is 2.17. The van der Waals surface area contributed by atoms with Crippen molar-refractivity contribution in [3.8, 4) is 0 Å². The van der Waals surface area contributed by atoms with Gasteiger partial charge in [-0.25, -0.2) is 9.59 Å². The van der Waals surface area contributed by atoms with E-state index in [0.717, 1.165) is 11.8 Å². The second kappa shape index (κ2) is 6.44. The van der Waals surface area contributed by atoms with Crippen LogP contribution < -0.4 is 10.6 Å². The van der Waals surface area contributed by atoms with Gasteiger partial charge in [-0.05, 0) is 37.4 Å². The van der Waals surface area contributed by atoms with Gasteiger partial charge in [0.15, 0.2) is 5.60 Å². The van der Waals surface area contributed by atoms with E-state index in [2.05, 4.69) is 10.6 Å². The summed E-state index contributed by atoms with van der Waals surface area (Å²) in [5.41, 5.74) is -1.40. The van der Waals surface area contributed by atoms with Gasteiger partial charge in [-0.2, -0.15) is 0 Å². The number of thioether (sulfide) groups is 1. The average molecular weight is 284 g/mol. The molecule has 0 spiro atoms. The fraction of sp³-hybridized carbons (Fsp3) is 0.333. The van der Waals surface area contributed by atoms with Crippen molar-refractivity contribution in [2.45, 2.75) is 17.4 Å². The van der Waals surface area contributed by atoms with Gasteiger partial charge < -0.3 is 20.8 Å². The van der Waals surface area contributed by atoms with Gasteiger partial charge in [-0.1, -0.05) is 0 Å².